The third-order valence-electron chi connectivity index (χ3n) is 14.4. The first-order valence-corrected chi connectivity index (χ1v) is 22.2. The van der Waals surface area contributed by atoms with E-state index >= 15 is 0 Å². The zero-order valence-electron chi connectivity index (χ0n) is 28.9. The molecular weight excluding hydrogens is 693 g/mol. The van der Waals surface area contributed by atoms with Crippen LogP contribution in [0.3, 0.4) is 0 Å². The highest BCUT2D eigenvalue weighted by Gasteiger charge is 2.57. The number of rotatable bonds is 2. The van der Waals surface area contributed by atoms with E-state index in [1.807, 2.05) is 22.7 Å². The highest BCUT2D eigenvalue weighted by molar-refractivity contribution is 7.33. The predicted molar refractivity (Wildman–Crippen MR) is 205 cm³/mol. The van der Waals surface area contributed by atoms with Crippen molar-refractivity contribution in [3.63, 3.8) is 0 Å². The summed E-state index contributed by atoms with van der Waals surface area (Å²) >= 11 is 5.47. The maximum atomic E-state index is 13.7. The quantitative estimate of drug-likeness (QED) is 0.262. The fourth-order valence-electron chi connectivity index (χ4n) is 12.1. The van der Waals surface area contributed by atoms with Gasteiger partial charge in [-0.05, 0) is 74.6 Å². The second kappa shape index (κ2) is 11.3. The fourth-order valence-corrected chi connectivity index (χ4v) is 16.3. The first-order valence-electron chi connectivity index (χ1n) is 19.7. The molecule has 0 aliphatic heterocycles. The number of fused-ring (bicyclic) bond motifs is 12. The lowest BCUT2D eigenvalue weighted by Crippen LogP contribution is -2.35. The smallest absolute Gasteiger partial charge is 0.188 e. The van der Waals surface area contributed by atoms with Crippen molar-refractivity contribution in [1.82, 2.24) is 0 Å². The standard InChI is InChI=1S/C42H42N2O4S3/c45-34-21-11-3-4-12-22(21)35(46)32(34)43-27-19-25-29(41(27)15-7-1-8-16-41)30-39(49-25)40-31(42(30)17-9-2-10-18-42)38-26(50-40)20-28(51-38)44-33-36(47)23-13-5-6-14-24(23)37(33)48/h19-24H,1-18H2. The molecule has 6 fully saturated rings. The van der Waals surface area contributed by atoms with Crippen LogP contribution in [0.4, 0.5) is 5.00 Å². The van der Waals surface area contributed by atoms with Crippen LogP contribution in [0, 0.1) is 23.7 Å². The zero-order valence-corrected chi connectivity index (χ0v) is 31.4. The van der Waals surface area contributed by atoms with Gasteiger partial charge in [-0.15, -0.1) is 34.0 Å². The van der Waals surface area contributed by atoms with Gasteiger partial charge in [0.15, 0.2) is 28.8 Å². The van der Waals surface area contributed by atoms with Gasteiger partial charge in [-0.1, -0.05) is 64.2 Å². The number of nitrogens with zero attached hydrogens (tertiary/aromatic N) is 2. The summed E-state index contributed by atoms with van der Waals surface area (Å²) < 4.78 is 2.51. The second-order valence-corrected chi connectivity index (χ2v) is 20.0. The minimum absolute atomic E-state index is 0.00205. The van der Waals surface area contributed by atoms with Gasteiger partial charge < -0.3 is 0 Å². The molecule has 11 rings (SSSR count). The topological polar surface area (TPSA) is 93.0 Å². The minimum Gasteiger partial charge on any atom is -0.292 e. The largest absolute Gasteiger partial charge is 0.292 e. The Labute approximate surface area is 309 Å². The average molecular weight is 735 g/mol. The maximum Gasteiger partial charge on any atom is 0.188 e. The molecule has 0 radical (unpaired) electrons. The molecule has 9 heteroatoms. The molecule has 4 unspecified atom stereocenters. The molecule has 3 aromatic heterocycles. The Hall–Kier alpha value is -2.88. The van der Waals surface area contributed by atoms with E-state index < -0.39 is 0 Å². The molecule has 3 aromatic rings. The van der Waals surface area contributed by atoms with E-state index in [0.717, 1.165) is 101 Å². The van der Waals surface area contributed by atoms with Crippen LogP contribution in [0.2, 0.25) is 0 Å². The van der Waals surface area contributed by atoms with Gasteiger partial charge in [0, 0.05) is 54.5 Å². The zero-order chi connectivity index (χ0) is 34.2. The van der Waals surface area contributed by atoms with Gasteiger partial charge in [0.2, 0.25) is 0 Å². The lowest BCUT2D eigenvalue weighted by atomic mass is 9.62. The number of hydrogen-bond acceptors (Lipinski definition) is 9. The summed E-state index contributed by atoms with van der Waals surface area (Å²) in [6, 6.07) is 2.14. The number of thiophene rings is 3. The van der Waals surface area contributed by atoms with Gasteiger partial charge in [-0.25, -0.2) is 9.98 Å². The summed E-state index contributed by atoms with van der Waals surface area (Å²) in [5, 5.41) is 0.788. The summed E-state index contributed by atoms with van der Waals surface area (Å²) in [5.74, 6) is -0.704. The van der Waals surface area contributed by atoms with Crippen molar-refractivity contribution in [2.45, 2.75) is 126 Å². The summed E-state index contributed by atoms with van der Waals surface area (Å²) in [4.78, 5) is 68.2. The van der Waals surface area contributed by atoms with Gasteiger partial charge >= 0.3 is 0 Å². The fraction of sp³-hybridized carbons (Fsp3) is 0.571. The van der Waals surface area contributed by atoms with Crippen LogP contribution in [0.25, 0.3) is 25.2 Å². The van der Waals surface area contributed by atoms with Gasteiger partial charge in [-0.3, -0.25) is 19.2 Å². The SMILES string of the molecule is O=C1C(=NC2=Cc3sc4c(c3C23CCCCC3)C2(CCCCC2)c2c-4sc3cc(N=C4C(=O)C5CCCCC5C4=O)sc23)C(=O)C2CCCCC12. The molecule has 0 aromatic carbocycles. The molecule has 8 aliphatic carbocycles. The molecule has 8 aliphatic rings. The van der Waals surface area contributed by atoms with Crippen LogP contribution in [-0.4, -0.2) is 34.6 Å². The monoisotopic (exact) mass is 734 g/mol. The molecule has 0 saturated heterocycles. The van der Waals surface area contributed by atoms with Crippen LogP contribution >= 0.6 is 34.0 Å². The number of carbonyl (C=O) groups excluding carboxylic acids is 4. The third-order valence-corrected chi connectivity index (χ3v) is 18.0. The Kier molecular flexibility index (Phi) is 7.02. The lowest BCUT2D eigenvalue weighted by Gasteiger charge is -2.41. The first kappa shape index (κ1) is 31.6. The van der Waals surface area contributed by atoms with Crippen molar-refractivity contribution in [2.24, 2.45) is 33.7 Å². The van der Waals surface area contributed by atoms with Crippen LogP contribution in [-0.2, 0) is 30.0 Å². The first-order chi connectivity index (χ1) is 24.9. The van der Waals surface area contributed by atoms with Gasteiger partial charge in [-0.2, -0.15) is 0 Å². The van der Waals surface area contributed by atoms with Crippen molar-refractivity contribution >= 4 is 89.0 Å². The predicted octanol–water partition coefficient (Wildman–Crippen LogP) is 10.2. The van der Waals surface area contributed by atoms with E-state index in [1.165, 1.54) is 66.4 Å². The summed E-state index contributed by atoms with van der Waals surface area (Å²) in [7, 11) is 0. The van der Waals surface area contributed by atoms with E-state index in [-0.39, 0.29) is 69.1 Å². The summed E-state index contributed by atoms with van der Waals surface area (Å²) in [6.07, 6.45) is 21.0. The molecule has 0 bridgehead atoms. The van der Waals surface area contributed by atoms with E-state index in [4.69, 9.17) is 9.98 Å². The maximum absolute atomic E-state index is 13.7. The molecule has 6 saturated carbocycles. The molecular formula is C42H42N2O4S3. The number of allylic oxidation sites excluding steroid dienone is 1. The molecule has 262 valence electrons. The van der Waals surface area contributed by atoms with Crippen molar-refractivity contribution < 1.29 is 19.2 Å². The highest BCUT2D eigenvalue weighted by Crippen LogP contribution is 2.69. The van der Waals surface area contributed by atoms with Crippen LogP contribution in [0.1, 0.15) is 137 Å². The Balaban J connectivity index is 1.04. The number of Topliss-reactive ketones (excluding diaryl/α,β-unsaturated/α-hetero) is 4. The number of ketones is 4. The normalized spacial score (nSPS) is 30.2. The van der Waals surface area contributed by atoms with Gasteiger partial charge in [0.05, 0.1) is 15.3 Å². The highest BCUT2D eigenvalue weighted by atomic mass is 32.1. The molecule has 4 atom stereocenters. The summed E-state index contributed by atoms with van der Waals surface area (Å²) in [5.41, 5.74) is 5.56. The molecule has 3 heterocycles. The number of carbonyl (C=O) groups is 4. The van der Waals surface area contributed by atoms with Gasteiger partial charge in [0.25, 0.3) is 0 Å². The molecule has 6 nitrogen and oxygen atoms in total. The molecule has 51 heavy (non-hydrogen) atoms. The number of aliphatic imine (C=N–C) groups is 2. The minimum atomic E-state index is -0.247. The Morgan fingerprint density at radius 1 is 0.529 bits per heavy atom. The van der Waals surface area contributed by atoms with Crippen molar-refractivity contribution in [1.29, 1.82) is 0 Å². The molecule has 2 spiro atoms. The molecule has 0 N–H and O–H groups in total. The van der Waals surface area contributed by atoms with Crippen molar-refractivity contribution in [3.8, 4) is 9.75 Å². The van der Waals surface area contributed by atoms with Crippen LogP contribution in [0.15, 0.2) is 21.7 Å². The number of hydrogen-bond donors (Lipinski definition) is 0. The Morgan fingerprint density at radius 3 is 1.61 bits per heavy atom. The Bertz CT molecular complexity index is 2140. The van der Waals surface area contributed by atoms with E-state index in [1.54, 1.807) is 11.3 Å². The average Bonchev–Trinajstić information content (AvgIpc) is 3.99. The van der Waals surface area contributed by atoms with Crippen LogP contribution in [0.5, 0.6) is 0 Å². The van der Waals surface area contributed by atoms with E-state index in [2.05, 4.69) is 12.1 Å². The lowest BCUT2D eigenvalue weighted by molar-refractivity contribution is -0.120. The molecule has 0 amide bonds. The van der Waals surface area contributed by atoms with Crippen LogP contribution < -0.4 is 0 Å². The van der Waals surface area contributed by atoms with Crippen molar-refractivity contribution in [2.75, 3.05) is 0 Å². The van der Waals surface area contributed by atoms with E-state index in [9.17, 15) is 19.2 Å². The third kappa shape index (κ3) is 4.20. The Morgan fingerprint density at radius 2 is 1.04 bits per heavy atom. The second-order valence-electron chi connectivity index (χ2n) is 16.8. The van der Waals surface area contributed by atoms with Crippen molar-refractivity contribution in [3.05, 3.63) is 33.3 Å². The van der Waals surface area contributed by atoms with Gasteiger partial charge in [0.1, 0.15) is 10.7 Å². The summed E-state index contributed by atoms with van der Waals surface area (Å²) in [6.45, 7) is 0. The van der Waals surface area contributed by atoms with E-state index in [0.29, 0.717) is 0 Å².